The molecule has 3 amide bonds. The number of anilines is 1. The number of likely N-dealkylation sites (tertiary alicyclic amines) is 1. The zero-order chi connectivity index (χ0) is 32.7. The van der Waals surface area contributed by atoms with Crippen molar-refractivity contribution in [3.05, 3.63) is 45.8 Å². The highest BCUT2D eigenvalue weighted by Crippen LogP contribution is 2.59. The highest BCUT2D eigenvalue weighted by atomic mass is 32.1. The van der Waals surface area contributed by atoms with Crippen molar-refractivity contribution in [1.29, 1.82) is 0 Å². The smallest absolute Gasteiger partial charge is 0.339 e. The molecule has 0 spiro atoms. The maximum Gasteiger partial charge on any atom is 0.399 e. The van der Waals surface area contributed by atoms with Crippen LogP contribution in [-0.2, 0) is 19.8 Å². The van der Waals surface area contributed by atoms with Gasteiger partial charge in [0, 0.05) is 27.9 Å². The van der Waals surface area contributed by atoms with E-state index in [2.05, 4.69) is 15.6 Å². The number of thiophene rings is 1. The molecule has 2 atom stereocenters. The van der Waals surface area contributed by atoms with Gasteiger partial charge in [-0.3, -0.25) is 18.9 Å². The maximum absolute atomic E-state index is 14.3. The summed E-state index contributed by atoms with van der Waals surface area (Å²) in [5.41, 5.74) is -5.99. The monoisotopic (exact) mass is 682 g/mol. The Bertz CT molecular complexity index is 1640. The van der Waals surface area contributed by atoms with E-state index in [1.165, 1.54) is 47.6 Å². The number of carbonyl (C=O) groups is 3. The van der Waals surface area contributed by atoms with E-state index >= 15 is 0 Å². The summed E-state index contributed by atoms with van der Waals surface area (Å²) in [6.45, 7) is 5.74. The molecule has 1 aromatic carbocycles. The first-order valence-electron chi connectivity index (χ1n) is 14.9. The van der Waals surface area contributed by atoms with Crippen LogP contribution in [0, 0.1) is 5.41 Å². The van der Waals surface area contributed by atoms with E-state index in [4.69, 9.17) is 9.79 Å². The van der Waals surface area contributed by atoms with Gasteiger partial charge in [-0.05, 0) is 60.6 Å². The van der Waals surface area contributed by atoms with Gasteiger partial charge in [0.2, 0.25) is 11.8 Å². The van der Waals surface area contributed by atoms with Gasteiger partial charge in [-0.1, -0.05) is 46.1 Å². The van der Waals surface area contributed by atoms with Crippen molar-refractivity contribution in [2.75, 3.05) is 11.9 Å². The second-order valence-corrected chi connectivity index (χ2v) is 16.6. The molecule has 2 aliphatic rings. The number of hydrogen-bond acceptors (Lipinski definition) is 7. The van der Waals surface area contributed by atoms with Crippen molar-refractivity contribution in [3.8, 4) is 0 Å². The fourth-order valence-electron chi connectivity index (χ4n) is 5.94. The fourth-order valence-corrected chi connectivity index (χ4v) is 8.35. The summed E-state index contributed by atoms with van der Waals surface area (Å²) in [5, 5.41) is 6.41. The van der Waals surface area contributed by atoms with Crippen LogP contribution < -0.4 is 10.6 Å². The molecule has 3 aromatic rings. The van der Waals surface area contributed by atoms with Crippen molar-refractivity contribution in [2.45, 2.75) is 89.4 Å². The number of nitrogens with zero attached hydrogens (tertiary/aromatic N) is 2. The predicted molar refractivity (Wildman–Crippen MR) is 170 cm³/mol. The van der Waals surface area contributed by atoms with E-state index in [0.717, 1.165) is 41.2 Å². The molecule has 2 aromatic heterocycles. The molecule has 10 nitrogen and oxygen atoms in total. The van der Waals surface area contributed by atoms with Crippen molar-refractivity contribution < 1.29 is 37.5 Å². The molecular weight excluding hydrogens is 645 g/mol. The Morgan fingerprint density at radius 2 is 1.76 bits per heavy atom. The molecule has 4 N–H and O–H groups in total. The second kappa shape index (κ2) is 12.8. The van der Waals surface area contributed by atoms with Crippen LogP contribution in [0.25, 0.3) is 10.1 Å². The first kappa shape index (κ1) is 33.6. The van der Waals surface area contributed by atoms with Crippen LogP contribution in [0.3, 0.4) is 0 Å². The Morgan fingerprint density at radius 3 is 2.42 bits per heavy atom. The van der Waals surface area contributed by atoms with Crippen molar-refractivity contribution in [2.24, 2.45) is 5.41 Å². The zero-order valence-electron chi connectivity index (χ0n) is 25.2. The van der Waals surface area contributed by atoms with Crippen molar-refractivity contribution in [3.63, 3.8) is 0 Å². The van der Waals surface area contributed by atoms with Crippen LogP contribution in [0.15, 0.2) is 30.5 Å². The van der Waals surface area contributed by atoms with Gasteiger partial charge in [0.15, 0.2) is 5.13 Å². The number of halogens is 2. The van der Waals surface area contributed by atoms with Crippen LogP contribution in [0.4, 0.5) is 13.9 Å². The third-order valence-corrected chi connectivity index (χ3v) is 11.6. The summed E-state index contributed by atoms with van der Waals surface area (Å²) in [6.07, 6.45) is 8.80. The Balaban J connectivity index is 1.30. The summed E-state index contributed by atoms with van der Waals surface area (Å²) >= 11 is 2.48. The van der Waals surface area contributed by atoms with Gasteiger partial charge < -0.3 is 25.3 Å². The van der Waals surface area contributed by atoms with Gasteiger partial charge in [-0.25, -0.2) is 4.98 Å². The Kier molecular flexibility index (Phi) is 9.55. The number of thiazole rings is 1. The molecule has 1 aliphatic heterocycles. The highest BCUT2D eigenvalue weighted by molar-refractivity contribution is 7.52. The quantitative estimate of drug-likeness (QED) is 0.201. The minimum Gasteiger partial charge on any atom is -0.339 e. The molecule has 2 fully saturated rings. The van der Waals surface area contributed by atoms with Crippen LogP contribution in [0.1, 0.15) is 91.7 Å². The fraction of sp³-hybridized carbons (Fsp3) is 0.533. The third kappa shape index (κ3) is 7.15. The molecule has 1 saturated carbocycles. The number of alkyl halides is 2. The van der Waals surface area contributed by atoms with E-state index in [0.29, 0.717) is 35.1 Å². The van der Waals surface area contributed by atoms with Crippen LogP contribution in [0.5, 0.6) is 0 Å². The molecule has 1 aliphatic carbocycles. The second-order valence-electron chi connectivity index (χ2n) is 12.8. The van der Waals surface area contributed by atoms with E-state index in [1.54, 1.807) is 20.8 Å². The summed E-state index contributed by atoms with van der Waals surface area (Å²) in [6, 6.07) is 2.76. The minimum atomic E-state index is -5.76. The van der Waals surface area contributed by atoms with Gasteiger partial charge in [-0.15, -0.1) is 22.7 Å². The van der Waals surface area contributed by atoms with E-state index in [1.807, 2.05) is 6.20 Å². The van der Waals surface area contributed by atoms with Crippen LogP contribution in [0.2, 0.25) is 0 Å². The summed E-state index contributed by atoms with van der Waals surface area (Å²) in [5.74, 6) is -0.866. The number of carbonyl (C=O) groups excluding carboxylic acids is 3. The first-order valence-corrected chi connectivity index (χ1v) is 18.2. The number of rotatable bonds is 8. The average molecular weight is 683 g/mol. The van der Waals surface area contributed by atoms with E-state index < -0.39 is 48.1 Å². The number of fused-ring (bicyclic) bond motifs is 1. The lowest BCUT2D eigenvalue weighted by molar-refractivity contribution is -0.140. The number of nitrogens with one attached hydrogen (secondary N) is 2. The van der Waals surface area contributed by atoms with Crippen LogP contribution >= 0.6 is 30.3 Å². The number of aromatic nitrogens is 1. The molecule has 5 rings (SSSR count). The standard InChI is InChI=1S/C30H37F2N4O6PS2/c1-29(2,3)24(34-26(38)22-15-18-14-19(11-12-21(18)44-22)30(31,32)43(40,41)42)27(39)36-13-7-10-20(36)25(37)35-28-33-16-23(45-28)17-8-5-4-6-9-17/h11-12,14-17,20,24H,4-10,13H2,1-3H3,(H,34,38)(H,33,35,37)(H2,40,41,42)/t20-,24+/m0/s1. The Hall–Kier alpha value is -2.77. The molecule has 0 unspecified atom stereocenters. The lowest BCUT2D eigenvalue weighted by Gasteiger charge is -2.35. The van der Waals surface area contributed by atoms with Gasteiger partial charge in [0.1, 0.15) is 12.1 Å². The number of amides is 3. The maximum atomic E-state index is 14.3. The molecule has 1 saturated heterocycles. The Labute approximate surface area is 267 Å². The van der Waals surface area contributed by atoms with Gasteiger partial charge in [-0.2, -0.15) is 8.78 Å². The van der Waals surface area contributed by atoms with Crippen LogP contribution in [-0.4, -0.2) is 56.0 Å². The SMILES string of the molecule is CC(C)(C)[C@H](NC(=O)c1cc2cc(C(F)(F)P(=O)(O)O)ccc2s1)C(=O)N1CCC[C@H]1C(=O)Nc1ncc(C2CCCCC2)s1. The number of benzene rings is 1. The number of hydrogen-bond donors (Lipinski definition) is 4. The Morgan fingerprint density at radius 1 is 1.04 bits per heavy atom. The zero-order valence-corrected chi connectivity index (χ0v) is 27.7. The van der Waals surface area contributed by atoms with Gasteiger partial charge in [0.05, 0.1) is 4.88 Å². The lowest BCUT2D eigenvalue weighted by Crippen LogP contribution is -2.57. The van der Waals surface area contributed by atoms with Crippen molar-refractivity contribution in [1.82, 2.24) is 15.2 Å². The van der Waals surface area contributed by atoms with Gasteiger partial charge in [0.25, 0.3) is 5.91 Å². The van der Waals surface area contributed by atoms with Crippen molar-refractivity contribution >= 4 is 63.2 Å². The topological polar surface area (TPSA) is 149 Å². The summed E-state index contributed by atoms with van der Waals surface area (Å²) in [4.78, 5) is 66.1. The molecule has 3 heterocycles. The molecule has 0 bridgehead atoms. The molecular formula is C30H37F2N4O6PS2. The van der Waals surface area contributed by atoms with E-state index in [-0.39, 0.29) is 16.2 Å². The molecule has 45 heavy (non-hydrogen) atoms. The van der Waals surface area contributed by atoms with Gasteiger partial charge >= 0.3 is 13.3 Å². The minimum absolute atomic E-state index is 0.136. The largest absolute Gasteiger partial charge is 0.399 e. The summed E-state index contributed by atoms with van der Waals surface area (Å²) in [7, 11) is -5.76. The summed E-state index contributed by atoms with van der Waals surface area (Å²) < 4.78 is 40.3. The predicted octanol–water partition coefficient (Wildman–Crippen LogP) is 6.41. The lowest BCUT2D eigenvalue weighted by atomic mass is 9.85. The molecule has 244 valence electrons. The molecule has 0 radical (unpaired) electrons. The molecule has 15 heteroatoms. The van der Waals surface area contributed by atoms with E-state index in [9.17, 15) is 27.7 Å². The highest BCUT2D eigenvalue weighted by Gasteiger charge is 2.50. The first-order chi connectivity index (χ1) is 21.1. The third-order valence-electron chi connectivity index (χ3n) is 8.44. The normalized spacial score (nSPS) is 19.1. The average Bonchev–Trinajstić information content (AvgIpc) is 3.74.